The maximum Gasteiger partial charge on any atom is 0.319 e. The van der Waals surface area contributed by atoms with Gasteiger partial charge in [0.15, 0.2) is 0 Å². The number of unbranched alkanes of at least 4 members (excludes halogenated alkanes) is 1. The summed E-state index contributed by atoms with van der Waals surface area (Å²) in [5.41, 5.74) is 0.440. The molecule has 3 nitrogen and oxygen atoms in total. The topological polar surface area (TPSA) is 41.1 Å². The monoisotopic (exact) mass is 288 g/mol. The van der Waals surface area contributed by atoms with Crippen molar-refractivity contribution in [3.05, 3.63) is 28.5 Å². The fourth-order valence-electron chi connectivity index (χ4n) is 1.13. The zero-order chi connectivity index (χ0) is 12.0. The van der Waals surface area contributed by atoms with Gasteiger partial charge in [-0.05, 0) is 40.5 Å². The zero-order valence-electron chi connectivity index (χ0n) is 9.02. The summed E-state index contributed by atoms with van der Waals surface area (Å²) >= 11 is 3.04. The van der Waals surface area contributed by atoms with E-state index in [1.807, 2.05) is 6.92 Å². The van der Waals surface area contributed by atoms with Crippen LogP contribution in [0.1, 0.15) is 19.8 Å². The van der Waals surface area contributed by atoms with E-state index >= 15 is 0 Å². The summed E-state index contributed by atoms with van der Waals surface area (Å²) in [6.45, 7) is 2.67. The summed E-state index contributed by atoms with van der Waals surface area (Å²) in [6.07, 6.45) is 1.95. The average Bonchev–Trinajstić information content (AvgIpc) is 2.24. The van der Waals surface area contributed by atoms with Crippen LogP contribution in [0, 0.1) is 5.82 Å². The largest absolute Gasteiger partial charge is 0.338 e. The van der Waals surface area contributed by atoms with Crippen LogP contribution in [-0.4, -0.2) is 12.6 Å². The fraction of sp³-hybridized carbons (Fsp3) is 0.364. The highest BCUT2D eigenvalue weighted by atomic mass is 79.9. The van der Waals surface area contributed by atoms with Crippen LogP contribution in [0.2, 0.25) is 0 Å². The molecule has 0 atom stereocenters. The van der Waals surface area contributed by atoms with Crippen molar-refractivity contribution in [3.8, 4) is 0 Å². The van der Waals surface area contributed by atoms with Crippen LogP contribution < -0.4 is 10.6 Å². The Balaban J connectivity index is 2.46. The van der Waals surface area contributed by atoms with Crippen LogP contribution >= 0.6 is 15.9 Å². The van der Waals surface area contributed by atoms with Gasteiger partial charge in [0, 0.05) is 12.2 Å². The van der Waals surface area contributed by atoms with Crippen molar-refractivity contribution in [2.75, 3.05) is 11.9 Å². The Kier molecular flexibility index (Phi) is 5.25. The van der Waals surface area contributed by atoms with E-state index in [0.29, 0.717) is 16.7 Å². The summed E-state index contributed by atoms with van der Waals surface area (Å²) in [5, 5.41) is 5.24. The molecule has 0 aromatic heterocycles. The Morgan fingerprint density at radius 1 is 1.50 bits per heavy atom. The number of hydrogen-bond donors (Lipinski definition) is 2. The maximum atomic E-state index is 13.1. The number of anilines is 1. The number of carbonyl (C=O) groups excluding carboxylic acids is 1. The van der Waals surface area contributed by atoms with E-state index in [2.05, 4.69) is 26.6 Å². The molecule has 0 fully saturated rings. The number of urea groups is 1. The molecule has 1 rings (SSSR count). The lowest BCUT2D eigenvalue weighted by molar-refractivity contribution is 0.252. The second-order valence-electron chi connectivity index (χ2n) is 3.36. The Morgan fingerprint density at radius 3 is 2.88 bits per heavy atom. The van der Waals surface area contributed by atoms with E-state index in [4.69, 9.17) is 0 Å². The molecular formula is C11H14BrFN2O. The second-order valence-corrected chi connectivity index (χ2v) is 4.22. The van der Waals surface area contributed by atoms with E-state index < -0.39 is 5.82 Å². The lowest BCUT2D eigenvalue weighted by atomic mass is 10.3. The van der Waals surface area contributed by atoms with Gasteiger partial charge in [0.05, 0.1) is 4.47 Å². The van der Waals surface area contributed by atoms with Crippen LogP contribution in [0.5, 0.6) is 0 Å². The fourth-order valence-corrected chi connectivity index (χ4v) is 1.37. The summed E-state index contributed by atoms with van der Waals surface area (Å²) in [7, 11) is 0. The minimum absolute atomic E-state index is 0.310. The quantitative estimate of drug-likeness (QED) is 0.818. The molecule has 88 valence electrons. The summed E-state index contributed by atoms with van der Waals surface area (Å²) in [4.78, 5) is 11.3. The van der Waals surface area contributed by atoms with E-state index in [-0.39, 0.29) is 6.03 Å². The molecule has 1 aromatic carbocycles. The first-order valence-corrected chi connectivity index (χ1v) is 5.92. The first-order chi connectivity index (χ1) is 7.63. The first kappa shape index (κ1) is 13.0. The minimum atomic E-state index is -0.397. The predicted octanol–water partition coefficient (Wildman–Crippen LogP) is 3.51. The van der Waals surface area contributed by atoms with Crippen molar-refractivity contribution < 1.29 is 9.18 Å². The summed E-state index contributed by atoms with van der Waals surface area (Å²) in [6, 6.07) is 4.14. The van der Waals surface area contributed by atoms with Crippen LogP contribution in [0.3, 0.4) is 0 Å². The number of nitrogens with one attached hydrogen (secondary N) is 2. The van der Waals surface area contributed by atoms with Crippen LogP contribution in [-0.2, 0) is 0 Å². The van der Waals surface area contributed by atoms with Crippen molar-refractivity contribution in [3.63, 3.8) is 0 Å². The Bertz CT molecular complexity index is 371. The SMILES string of the molecule is CCCCNC(=O)Nc1ccc(Br)c(F)c1. The van der Waals surface area contributed by atoms with Gasteiger partial charge in [-0.25, -0.2) is 9.18 Å². The van der Waals surface area contributed by atoms with Gasteiger partial charge in [0.1, 0.15) is 5.82 Å². The van der Waals surface area contributed by atoms with Gasteiger partial charge in [-0.1, -0.05) is 13.3 Å². The summed E-state index contributed by atoms with van der Waals surface area (Å²) < 4.78 is 13.5. The van der Waals surface area contributed by atoms with Crippen molar-refractivity contribution in [1.29, 1.82) is 0 Å². The number of hydrogen-bond acceptors (Lipinski definition) is 1. The molecule has 1 aromatic rings. The average molecular weight is 289 g/mol. The third-order valence-corrected chi connectivity index (χ3v) is 2.64. The third-order valence-electron chi connectivity index (χ3n) is 1.99. The highest BCUT2D eigenvalue weighted by Crippen LogP contribution is 2.19. The standard InChI is InChI=1S/C11H14BrFN2O/c1-2-3-6-14-11(16)15-8-4-5-9(12)10(13)7-8/h4-5,7H,2-3,6H2,1H3,(H2,14,15,16). The number of halogens is 2. The van der Waals surface area contributed by atoms with Gasteiger partial charge >= 0.3 is 6.03 Å². The molecule has 0 aliphatic carbocycles. The number of amides is 2. The second kappa shape index (κ2) is 6.48. The minimum Gasteiger partial charge on any atom is -0.338 e. The molecule has 0 bridgehead atoms. The van der Waals surface area contributed by atoms with Crippen molar-refractivity contribution in [1.82, 2.24) is 5.32 Å². The molecule has 2 amide bonds. The molecule has 0 spiro atoms. The molecule has 0 aliphatic rings. The molecule has 0 aliphatic heterocycles. The van der Waals surface area contributed by atoms with Crippen molar-refractivity contribution in [2.45, 2.75) is 19.8 Å². The predicted molar refractivity (Wildman–Crippen MR) is 66.0 cm³/mol. The van der Waals surface area contributed by atoms with Gasteiger partial charge in [0.2, 0.25) is 0 Å². The van der Waals surface area contributed by atoms with Gasteiger partial charge in [-0.3, -0.25) is 0 Å². The van der Waals surface area contributed by atoms with Crippen molar-refractivity contribution in [2.24, 2.45) is 0 Å². The molecule has 2 N–H and O–H groups in total. The van der Waals surface area contributed by atoms with Gasteiger partial charge in [-0.2, -0.15) is 0 Å². The third kappa shape index (κ3) is 4.18. The molecule has 0 unspecified atom stereocenters. The Labute approximate surface area is 103 Å². The molecule has 16 heavy (non-hydrogen) atoms. The van der Waals surface area contributed by atoms with Gasteiger partial charge in [0.25, 0.3) is 0 Å². The maximum absolute atomic E-state index is 13.1. The lowest BCUT2D eigenvalue weighted by Gasteiger charge is -2.07. The molecule has 0 heterocycles. The van der Waals surface area contributed by atoms with E-state index in [0.717, 1.165) is 12.8 Å². The molecule has 0 radical (unpaired) electrons. The lowest BCUT2D eigenvalue weighted by Crippen LogP contribution is -2.29. The smallest absolute Gasteiger partial charge is 0.319 e. The van der Waals surface area contributed by atoms with E-state index in [1.165, 1.54) is 6.07 Å². The van der Waals surface area contributed by atoms with Crippen LogP contribution in [0.15, 0.2) is 22.7 Å². The van der Waals surface area contributed by atoms with E-state index in [9.17, 15) is 9.18 Å². The van der Waals surface area contributed by atoms with E-state index in [1.54, 1.807) is 12.1 Å². The highest BCUT2D eigenvalue weighted by molar-refractivity contribution is 9.10. The van der Waals surface area contributed by atoms with Crippen molar-refractivity contribution >= 4 is 27.6 Å². The molecule has 5 heteroatoms. The Morgan fingerprint density at radius 2 is 2.25 bits per heavy atom. The zero-order valence-corrected chi connectivity index (χ0v) is 10.6. The normalized spacial score (nSPS) is 9.94. The van der Waals surface area contributed by atoms with Crippen LogP contribution in [0.4, 0.5) is 14.9 Å². The Hall–Kier alpha value is -1.10. The first-order valence-electron chi connectivity index (χ1n) is 5.13. The summed E-state index contributed by atoms with van der Waals surface area (Å²) in [5.74, 6) is -0.397. The molecule has 0 saturated carbocycles. The number of carbonyl (C=O) groups is 1. The van der Waals surface area contributed by atoms with Gasteiger partial charge < -0.3 is 10.6 Å². The van der Waals surface area contributed by atoms with Crippen LogP contribution in [0.25, 0.3) is 0 Å². The molecule has 0 saturated heterocycles. The molecular weight excluding hydrogens is 275 g/mol. The van der Waals surface area contributed by atoms with Gasteiger partial charge in [-0.15, -0.1) is 0 Å². The number of benzene rings is 1. The highest BCUT2D eigenvalue weighted by Gasteiger charge is 2.03. The number of rotatable bonds is 4.